The number of amides is 1. The summed E-state index contributed by atoms with van der Waals surface area (Å²) in [6.45, 7) is 8.46. The summed E-state index contributed by atoms with van der Waals surface area (Å²) in [5, 5.41) is 9.25. The molecule has 2 aromatic rings. The number of aryl methyl sites for hydroxylation is 1. The van der Waals surface area contributed by atoms with Gasteiger partial charge in [-0.25, -0.2) is 9.59 Å². The fourth-order valence-electron chi connectivity index (χ4n) is 3.36. The van der Waals surface area contributed by atoms with Gasteiger partial charge in [0.1, 0.15) is 18.1 Å². The van der Waals surface area contributed by atoms with Crippen molar-refractivity contribution in [3.63, 3.8) is 0 Å². The third kappa shape index (κ3) is 10.4. The van der Waals surface area contributed by atoms with Gasteiger partial charge < -0.3 is 29.0 Å². The molecule has 1 atom stereocenters. The number of carboxylic acids is 1. The summed E-state index contributed by atoms with van der Waals surface area (Å²) in [4.78, 5) is 25.7. The van der Waals surface area contributed by atoms with E-state index in [9.17, 15) is 14.7 Å². The minimum Gasteiger partial charge on any atom is -0.492 e. The second kappa shape index (κ2) is 15.7. The molecule has 1 N–H and O–H groups in total. The third-order valence-electron chi connectivity index (χ3n) is 5.23. The predicted molar refractivity (Wildman–Crippen MR) is 133 cm³/mol. The van der Waals surface area contributed by atoms with Gasteiger partial charge in [0, 0.05) is 32.8 Å². The number of rotatable bonds is 16. The number of para-hydroxylation sites is 1. The Balaban J connectivity index is 1.91. The number of carbonyl (C=O) groups excluding carboxylic acids is 1. The molecular formula is C27H37NO7. The summed E-state index contributed by atoms with van der Waals surface area (Å²) in [5.41, 5.74) is 1.73. The van der Waals surface area contributed by atoms with Crippen molar-refractivity contribution in [2.45, 2.75) is 46.1 Å². The van der Waals surface area contributed by atoms with Crippen LogP contribution in [0.15, 0.2) is 48.5 Å². The number of ether oxygens (including phenoxy) is 4. The Kier molecular flexibility index (Phi) is 12.7. The molecule has 0 saturated heterocycles. The van der Waals surface area contributed by atoms with Gasteiger partial charge in [0.25, 0.3) is 0 Å². The Morgan fingerprint density at radius 1 is 0.971 bits per heavy atom. The normalized spacial score (nSPS) is 11.6. The van der Waals surface area contributed by atoms with E-state index in [0.29, 0.717) is 50.8 Å². The molecule has 1 amide bonds. The predicted octanol–water partition coefficient (Wildman–Crippen LogP) is 4.72. The zero-order chi connectivity index (χ0) is 25.5. The highest BCUT2D eigenvalue weighted by Gasteiger charge is 2.19. The van der Waals surface area contributed by atoms with E-state index in [-0.39, 0.29) is 13.0 Å². The summed E-state index contributed by atoms with van der Waals surface area (Å²) in [5.74, 6) is 0.188. The van der Waals surface area contributed by atoms with Crippen LogP contribution < -0.4 is 9.47 Å². The van der Waals surface area contributed by atoms with Gasteiger partial charge >= 0.3 is 12.1 Å². The fraction of sp³-hybridized carbons (Fsp3) is 0.481. The molecule has 2 aromatic carbocycles. The van der Waals surface area contributed by atoms with Crippen LogP contribution in [0.25, 0.3) is 0 Å². The lowest BCUT2D eigenvalue weighted by molar-refractivity contribution is -0.149. The van der Waals surface area contributed by atoms with Gasteiger partial charge in [-0.15, -0.1) is 0 Å². The summed E-state index contributed by atoms with van der Waals surface area (Å²) in [6, 6.07) is 14.6. The first-order valence-corrected chi connectivity index (χ1v) is 12.1. The maximum atomic E-state index is 12.8. The van der Waals surface area contributed by atoms with Crippen molar-refractivity contribution >= 4 is 12.1 Å². The molecule has 0 aliphatic rings. The van der Waals surface area contributed by atoms with Crippen molar-refractivity contribution < 1.29 is 33.6 Å². The van der Waals surface area contributed by atoms with Gasteiger partial charge in [-0.2, -0.15) is 0 Å². The number of nitrogens with zero attached hydrogens (tertiary/aromatic N) is 1. The third-order valence-corrected chi connectivity index (χ3v) is 5.23. The molecule has 0 saturated carbocycles. The van der Waals surface area contributed by atoms with E-state index in [0.717, 1.165) is 17.5 Å². The minimum absolute atomic E-state index is 0.280. The highest BCUT2D eigenvalue weighted by Crippen LogP contribution is 2.18. The summed E-state index contributed by atoms with van der Waals surface area (Å²) in [7, 11) is 0. The van der Waals surface area contributed by atoms with E-state index >= 15 is 0 Å². The standard InChI is InChI=1S/C27H37NO7/c1-4-17-32-18-8-15-28(27(31)35-24-10-7-6-9-21(24)3)16-19-34-23-13-11-22(12-14-23)20-25(26(29)30)33-5-2/h6-7,9-14,25H,4-5,8,15-20H2,1-3H3,(H,29,30). The summed E-state index contributed by atoms with van der Waals surface area (Å²) < 4.78 is 22.2. The molecule has 0 aliphatic heterocycles. The Morgan fingerprint density at radius 3 is 2.37 bits per heavy atom. The van der Waals surface area contributed by atoms with Gasteiger partial charge in [0.05, 0.1) is 6.54 Å². The van der Waals surface area contributed by atoms with Crippen LogP contribution in [-0.4, -0.2) is 67.7 Å². The Labute approximate surface area is 207 Å². The molecular weight excluding hydrogens is 450 g/mol. The fourth-order valence-corrected chi connectivity index (χ4v) is 3.36. The zero-order valence-corrected chi connectivity index (χ0v) is 20.9. The number of carbonyl (C=O) groups is 2. The number of hydrogen-bond donors (Lipinski definition) is 1. The van der Waals surface area contributed by atoms with E-state index in [2.05, 4.69) is 6.92 Å². The van der Waals surface area contributed by atoms with Crippen LogP contribution in [0.1, 0.15) is 37.8 Å². The summed E-state index contributed by atoms with van der Waals surface area (Å²) in [6.07, 6.45) is 0.628. The van der Waals surface area contributed by atoms with Crippen molar-refractivity contribution in [3.05, 3.63) is 59.7 Å². The zero-order valence-electron chi connectivity index (χ0n) is 20.9. The summed E-state index contributed by atoms with van der Waals surface area (Å²) >= 11 is 0. The van der Waals surface area contributed by atoms with Crippen LogP contribution in [-0.2, 0) is 20.7 Å². The molecule has 0 radical (unpaired) electrons. The monoisotopic (exact) mass is 487 g/mol. The maximum absolute atomic E-state index is 12.8. The van der Waals surface area contributed by atoms with Crippen LogP contribution in [0.4, 0.5) is 4.79 Å². The first-order valence-electron chi connectivity index (χ1n) is 12.1. The molecule has 0 bridgehead atoms. The van der Waals surface area contributed by atoms with Crippen molar-refractivity contribution in [1.29, 1.82) is 0 Å². The van der Waals surface area contributed by atoms with E-state index in [1.54, 1.807) is 30.0 Å². The average Bonchev–Trinajstić information content (AvgIpc) is 2.84. The van der Waals surface area contributed by atoms with E-state index in [4.69, 9.17) is 18.9 Å². The lowest BCUT2D eigenvalue weighted by Crippen LogP contribution is -2.38. The van der Waals surface area contributed by atoms with Crippen molar-refractivity contribution in [1.82, 2.24) is 4.90 Å². The molecule has 0 aliphatic carbocycles. The second-order valence-electron chi connectivity index (χ2n) is 8.07. The highest BCUT2D eigenvalue weighted by atomic mass is 16.6. The molecule has 0 aromatic heterocycles. The highest BCUT2D eigenvalue weighted by molar-refractivity contribution is 5.72. The number of hydrogen-bond acceptors (Lipinski definition) is 6. The van der Waals surface area contributed by atoms with E-state index in [1.807, 2.05) is 37.3 Å². The van der Waals surface area contributed by atoms with Gasteiger partial charge in [-0.1, -0.05) is 37.3 Å². The average molecular weight is 488 g/mol. The molecule has 0 heterocycles. The van der Waals surface area contributed by atoms with Gasteiger partial charge in [-0.05, 0) is 56.0 Å². The van der Waals surface area contributed by atoms with E-state index < -0.39 is 18.2 Å². The Morgan fingerprint density at radius 2 is 1.71 bits per heavy atom. The number of benzene rings is 2. The first-order chi connectivity index (χ1) is 16.9. The Bertz CT molecular complexity index is 901. The maximum Gasteiger partial charge on any atom is 0.415 e. The molecule has 1 unspecified atom stereocenters. The Hall–Kier alpha value is -3.10. The molecule has 2 rings (SSSR count). The van der Waals surface area contributed by atoms with Crippen LogP contribution in [0.2, 0.25) is 0 Å². The van der Waals surface area contributed by atoms with Gasteiger partial charge in [0.15, 0.2) is 6.10 Å². The molecule has 0 fully saturated rings. The lowest BCUT2D eigenvalue weighted by atomic mass is 10.1. The molecule has 192 valence electrons. The van der Waals surface area contributed by atoms with Crippen LogP contribution in [0.3, 0.4) is 0 Å². The SMILES string of the molecule is CCCOCCCN(CCOc1ccc(CC(OCC)C(=O)O)cc1)C(=O)Oc1ccccc1C. The topological polar surface area (TPSA) is 94.5 Å². The van der Waals surface area contributed by atoms with Gasteiger partial charge in [-0.3, -0.25) is 0 Å². The second-order valence-corrected chi connectivity index (χ2v) is 8.07. The van der Waals surface area contributed by atoms with Crippen molar-refractivity contribution in [2.24, 2.45) is 0 Å². The van der Waals surface area contributed by atoms with E-state index in [1.165, 1.54) is 0 Å². The number of aliphatic carboxylic acids is 1. The molecule has 8 nitrogen and oxygen atoms in total. The first kappa shape index (κ1) is 28.1. The van der Waals surface area contributed by atoms with Crippen molar-refractivity contribution in [2.75, 3.05) is 39.5 Å². The lowest BCUT2D eigenvalue weighted by Gasteiger charge is -2.22. The molecule has 0 spiro atoms. The van der Waals surface area contributed by atoms with Crippen LogP contribution in [0, 0.1) is 6.92 Å². The largest absolute Gasteiger partial charge is 0.492 e. The van der Waals surface area contributed by atoms with Gasteiger partial charge in [0.2, 0.25) is 0 Å². The number of carboxylic acid groups (broad SMARTS) is 1. The molecule has 8 heteroatoms. The van der Waals surface area contributed by atoms with Crippen LogP contribution in [0.5, 0.6) is 11.5 Å². The van der Waals surface area contributed by atoms with Crippen molar-refractivity contribution in [3.8, 4) is 11.5 Å². The quantitative estimate of drug-likeness (QED) is 0.342. The van der Waals surface area contributed by atoms with Crippen LogP contribution >= 0.6 is 0 Å². The smallest absolute Gasteiger partial charge is 0.415 e. The molecule has 35 heavy (non-hydrogen) atoms. The minimum atomic E-state index is -0.982.